The minimum Gasteiger partial charge on any atom is -0.444 e. The van der Waals surface area contributed by atoms with E-state index in [2.05, 4.69) is 25.7 Å². The number of Topliss-reactive ketones (excluding diaryl/α,β-unsaturated/α-hetero) is 1. The van der Waals surface area contributed by atoms with Gasteiger partial charge in [0.05, 0.1) is 6.04 Å². The molecule has 0 saturated heterocycles. The predicted molar refractivity (Wildman–Crippen MR) is 77.1 cm³/mol. The van der Waals surface area contributed by atoms with E-state index in [0.29, 0.717) is 17.9 Å². The predicted octanol–water partition coefficient (Wildman–Crippen LogP) is 3.46. The zero-order valence-corrected chi connectivity index (χ0v) is 13.0. The fourth-order valence-electron chi connectivity index (χ4n) is 1.52. The number of hydrogen-bond donors (Lipinski definition) is 1. The van der Waals surface area contributed by atoms with Crippen molar-refractivity contribution in [2.45, 2.75) is 66.0 Å². The van der Waals surface area contributed by atoms with Crippen LogP contribution in [-0.4, -0.2) is 23.5 Å². The lowest BCUT2D eigenvalue weighted by molar-refractivity contribution is -0.117. The summed E-state index contributed by atoms with van der Waals surface area (Å²) in [5, 5.41) is 2.64. The third-order valence-corrected chi connectivity index (χ3v) is 2.46. The maximum atomic E-state index is 12.0. The van der Waals surface area contributed by atoms with Crippen LogP contribution in [0.1, 0.15) is 54.4 Å². The lowest BCUT2D eigenvalue weighted by Crippen LogP contribution is -2.43. The quantitative estimate of drug-likeness (QED) is 0.751. The number of carbonyl (C=O) groups is 2. The lowest BCUT2D eigenvalue weighted by atomic mass is 9.98. The number of ether oxygens (including phenoxy) is 1. The van der Waals surface area contributed by atoms with Gasteiger partial charge in [0.2, 0.25) is 0 Å². The molecule has 0 heterocycles. The maximum Gasteiger partial charge on any atom is 0.408 e. The van der Waals surface area contributed by atoms with Gasteiger partial charge in [0, 0.05) is 0 Å². The van der Waals surface area contributed by atoms with Gasteiger partial charge in [0.25, 0.3) is 0 Å². The molecular formula is C15H27NO3. The fourth-order valence-corrected chi connectivity index (χ4v) is 1.52. The van der Waals surface area contributed by atoms with Crippen molar-refractivity contribution >= 4 is 11.9 Å². The van der Waals surface area contributed by atoms with Gasteiger partial charge in [-0.3, -0.25) is 4.79 Å². The van der Waals surface area contributed by atoms with Crippen LogP contribution in [0.5, 0.6) is 0 Å². The molecule has 1 amide bonds. The molecule has 4 nitrogen and oxygen atoms in total. The molecule has 0 aliphatic carbocycles. The van der Waals surface area contributed by atoms with E-state index in [4.69, 9.17) is 4.74 Å². The monoisotopic (exact) mass is 269 g/mol. The van der Waals surface area contributed by atoms with E-state index < -0.39 is 17.7 Å². The molecule has 0 bridgehead atoms. The molecule has 0 aliphatic heterocycles. The second-order valence-electron chi connectivity index (χ2n) is 6.31. The van der Waals surface area contributed by atoms with E-state index in [1.807, 2.05) is 0 Å². The van der Waals surface area contributed by atoms with Crippen molar-refractivity contribution in [3.63, 3.8) is 0 Å². The molecule has 19 heavy (non-hydrogen) atoms. The Morgan fingerprint density at radius 3 is 2.11 bits per heavy atom. The van der Waals surface area contributed by atoms with Gasteiger partial charge in [-0.15, -0.1) is 0 Å². The van der Waals surface area contributed by atoms with Crippen LogP contribution in [0.4, 0.5) is 4.79 Å². The molecule has 0 rings (SSSR count). The van der Waals surface area contributed by atoms with Crippen LogP contribution in [0.2, 0.25) is 0 Å². The fraction of sp³-hybridized carbons (Fsp3) is 0.733. The van der Waals surface area contributed by atoms with Gasteiger partial charge in [-0.25, -0.2) is 4.79 Å². The van der Waals surface area contributed by atoms with Gasteiger partial charge in [0.15, 0.2) is 5.78 Å². The summed E-state index contributed by atoms with van der Waals surface area (Å²) in [5.74, 6) is 0.340. The summed E-state index contributed by atoms with van der Waals surface area (Å²) in [7, 11) is 0. The average molecular weight is 269 g/mol. The lowest BCUT2D eigenvalue weighted by Gasteiger charge is -2.23. The highest BCUT2D eigenvalue weighted by molar-refractivity contribution is 5.99. The Labute approximate surface area is 116 Å². The van der Waals surface area contributed by atoms with Crippen molar-refractivity contribution < 1.29 is 14.3 Å². The molecule has 0 radical (unpaired) electrons. The number of alkyl carbamates (subject to hydrolysis) is 1. The standard InChI is InChI=1S/C15H27NO3/c1-10(2)8-9-12(13(17)11(3)4)16-14(18)19-15(5,6)7/h10,12H,3,8-9H2,1-2,4-7H3,(H,16,18)/t12-/m0/s1. The van der Waals surface area contributed by atoms with E-state index in [9.17, 15) is 9.59 Å². The Bertz CT molecular complexity index is 340. The first-order chi connectivity index (χ1) is 8.53. The molecule has 110 valence electrons. The van der Waals surface area contributed by atoms with E-state index in [-0.39, 0.29) is 5.78 Å². The van der Waals surface area contributed by atoms with E-state index in [1.165, 1.54) is 0 Å². The number of carbonyl (C=O) groups excluding carboxylic acids is 2. The molecular weight excluding hydrogens is 242 g/mol. The first kappa shape index (κ1) is 17.7. The molecule has 0 fully saturated rings. The Morgan fingerprint density at radius 1 is 1.21 bits per heavy atom. The second-order valence-corrected chi connectivity index (χ2v) is 6.31. The van der Waals surface area contributed by atoms with Crippen LogP contribution in [0.15, 0.2) is 12.2 Å². The smallest absolute Gasteiger partial charge is 0.408 e. The van der Waals surface area contributed by atoms with Gasteiger partial charge in [0.1, 0.15) is 5.60 Å². The molecule has 4 heteroatoms. The van der Waals surface area contributed by atoms with Crippen LogP contribution in [0.3, 0.4) is 0 Å². The first-order valence-corrected chi connectivity index (χ1v) is 6.72. The summed E-state index contributed by atoms with van der Waals surface area (Å²) in [5.41, 5.74) is -0.122. The summed E-state index contributed by atoms with van der Waals surface area (Å²) in [6.45, 7) is 14.8. The van der Waals surface area contributed by atoms with Crippen molar-refractivity contribution in [2.75, 3.05) is 0 Å². The minimum absolute atomic E-state index is 0.133. The van der Waals surface area contributed by atoms with Crippen molar-refractivity contribution in [1.82, 2.24) is 5.32 Å². The number of nitrogens with one attached hydrogen (secondary N) is 1. The van der Waals surface area contributed by atoms with E-state index in [1.54, 1.807) is 27.7 Å². The summed E-state index contributed by atoms with van der Waals surface area (Å²) >= 11 is 0. The SMILES string of the molecule is C=C(C)C(=O)[C@H](CCC(C)C)NC(=O)OC(C)(C)C. The minimum atomic E-state index is -0.570. The molecule has 1 atom stereocenters. The molecule has 0 spiro atoms. The summed E-state index contributed by atoms with van der Waals surface area (Å²) in [6, 6.07) is -0.547. The van der Waals surface area contributed by atoms with Crippen LogP contribution in [-0.2, 0) is 9.53 Å². The third kappa shape index (κ3) is 8.41. The topological polar surface area (TPSA) is 55.4 Å². The number of rotatable bonds is 6. The average Bonchev–Trinajstić information content (AvgIpc) is 2.20. The molecule has 0 aromatic heterocycles. The Hall–Kier alpha value is -1.32. The van der Waals surface area contributed by atoms with Gasteiger partial charge in [-0.1, -0.05) is 20.4 Å². The highest BCUT2D eigenvalue weighted by Crippen LogP contribution is 2.12. The van der Waals surface area contributed by atoms with Gasteiger partial charge >= 0.3 is 6.09 Å². The van der Waals surface area contributed by atoms with Crippen molar-refractivity contribution in [3.8, 4) is 0 Å². The van der Waals surface area contributed by atoms with Crippen molar-refractivity contribution in [3.05, 3.63) is 12.2 Å². The Balaban J connectivity index is 4.62. The molecule has 1 N–H and O–H groups in total. The van der Waals surface area contributed by atoms with Gasteiger partial charge in [-0.2, -0.15) is 0 Å². The zero-order valence-electron chi connectivity index (χ0n) is 13.0. The van der Waals surface area contributed by atoms with E-state index in [0.717, 1.165) is 6.42 Å². The Morgan fingerprint density at radius 2 is 1.74 bits per heavy atom. The summed E-state index contributed by atoms with van der Waals surface area (Å²) in [6.07, 6.45) is 0.901. The zero-order chi connectivity index (χ0) is 15.2. The van der Waals surface area contributed by atoms with Crippen molar-refractivity contribution in [2.24, 2.45) is 5.92 Å². The third-order valence-electron chi connectivity index (χ3n) is 2.46. The number of hydrogen-bond acceptors (Lipinski definition) is 3. The van der Waals surface area contributed by atoms with Crippen LogP contribution < -0.4 is 5.32 Å². The number of amides is 1. The molecule has 0 aromatic carbocycles. The molecule has 0 unspecified atom stereocenters. The largest absolute Gasteiger partial charge is 0.444 e. The van der Waals surface area contributed by atoms with E-state index >= 15 is 0 Å². The van der Waals surface area contributed by atoms with Crippen LogP contribution in [0.25, 0.3) is 0 Å². The van der Waals surface area contributed by atoms with Gasteiger partial charge in [-0.05, 0) is 52.0 Å². The van der Waals surface area contributed by atoms with Crippen LogP contribution in [0, 0.1) is 5.92 Å². The van der Waals surface area contributed by atoms with Gasteiger partial charge < -0.3 is 10.1 Å². The molecule has 0 aromatic rings. The Kier molecular flexibility index (Phi) is 6.81. The second kappa shape index (κ2) is 7.31. The molecule has 0 saturated carbocycles. The summed E-state index contributed by atoms with van der Waals surface area (Å²) in [4.78, 5) is 23.7. The maximum absolute atomic E-state index is 12.0. The van der Waals surface area contributed by atoms with Crippen LogP contribution >= 0.6 is 0 Å². The highest BCUT2D eigenvalue weighted by atomic mass is 16.6. The summed E-state index contributed by atoms with van der Waals surface area (Å²) < 4.78 is 5.17. The van der Waals surface area contributed by atoms with Crippen molar-refractivity contribution in [1.29, 1.82) is 0 Å². The normalized spacial score (nSPS) is 13.0. The first-order valence-electron chi connectivity index (χ1n) is 6.72. The molecule has 0 aliphatic rings. The number of ketones is 1. The highest BCUT2D eigenvalue weighted by Gasteiger charge is 2.24.